The Hall–Kier alpha value is -2.58. The predicted molar refractivity (Wildman–Crippen MR) is 116 cm³/mol. The van der Waals surface area contributed by atoms with E-state index in [4.69, 9.17) is 9.47 Å². The smallest absolute Gasteiger partial charge is 0.231 e. The van der Waals surface area contributed by atoms with E-state index in [0.29, 0.717) is 25.8 Å². The van der Waals surface area contributed by atoms with Crippen LogP contribution < -0.4 is 9.47 Å². The summed E-state index contributed by atoms with van der Waals surface area (Å²) < 4.78 is 12.7. The van der Waals surface area contributed by atoms with Crippen LogP contribution in [-0.4, -0.2) is 82.5 Å². The van der Waals surface area contributed by atoms with Gasteiger partial charge in [-0.1, -0.05) is 6.07 Å². The number of hydrogen-bond acceptors (Lipinski definition) is 6. The van der Waals surface area contributed by atoms with Crippen molar-refractivity contribution in [2.24, 2.45) is 0 Å². The fourth-order valence-electron chi connectivity index (χ4n) is 4.86. The number of benzene rings is 1. The van der Waals surface area contributed by atoms with Gasteiger partial charge in [-0.25, -0.2) is 0 Å². The number of carbonyl (C=O) groups is 1. The van der Waals surface area contributed by atoms with E-state index in [1.54, 1.807) is 6.20 Å². The first kappa shape index (κ1) is 20.3. The first-order valence-corrected chi connectivity index (χ1v) is 11.3. The molecule has 0 aliphatic carbocycles. The van der Waals surface area contributed by atoms with Crippen molar-refractivity contribution in [3.8, 4) is 11.5 Å². The zero-order valence-corrected chi connectivity index (χ0v) is 18.0. The van der Waals surface area contributed by atoms with Crippen molar-refractivity contribution < 1.29 is 14.3 Å². The highest BCUT2D eigenvalue weighted by molar-refractivity contribution is 5.76. The Kier molecular flexibility index (Phi) is 6.08. The van der Waals surface area contributed by atoms with Gasteiger partial charge in [-0.2, -0.15) is 5.10 Å². The average Bonchev–Trinajstić information content (AvgIpc) is 3.50. The van der Waals surface area contributed by atoms with Gasteiger partial charge in [-0.15, -0.1) is 0 Å². The second kappa shape index (κ2) is 9.28. The molecule has 8 nitrogen and oxygen atoms in total. The normalized spacial score (nSPS) is 22.1. The molecule has 3 aliphatic rings. The molecule has 8 heteroatoms. The van der Waals surface area contributed by atoms with E-state index in [2.05, 4.69) is 31.9 Å². The van der Waals surface area contributed by atoms with Crippen LogP contribution in [0.25, 0.3) is 0 Å². The summed E-state index contributed by atoms with van der Waals surface area (Å²) in [4.78, 5) is 19.9. The van der Waals surface area contributed by atoms with E-state index in [-0.39, 0.29) is 5.91 Å². The van der Waals surface area contributed by atoms with Crippen LogP contribution >= 0.6 is 0 Å². The molecule has 0 bridgehead atoms. The highest BCUT2D eigenvalue weighted by Crippen LogP contribution is 2.33. The molecule has 2 fully saturated rings. The summed E-state index contributed by atoms with van der Waals surface area (Å²) in [6.07, 6.45) is 6.47. The SMILES string of the molecule is O=C(CCn1cccn1)N1CCC[C@@H](N2CCN(Cc3ccc4c(c3)OCO4)CC2)C1. The zero-order chi connectivity index (χ0) is 21.0. The minimum absolute atomic E-state index is 0.252. The second-order valence-corrected chi connectivity index (χ2v) is 8.65. The van der Waals surface area contributed by atoms with Crippen LogP contribution in [0.15, 0.2) is 36.7 Å². The number of nitrogens with zero attached hydrogens (tertiary/aromatic N) is 5. The fourth-order valence-corrected chi connectivity index (χ4v) is 4.86. The molecule has 1 amide bonds. The molecule has 0 radical (unpaired) electrons. The van der Waals surface area contributed by atoms with E-state index in [0.717, 1.165) is 63.7 Å². The van der Waals surface area contributed by atoms with Gasteiger partial charge in [0.15, 0.2) is 11.5 Å². The van der Waals surface area contributed by atoms with Crippen molar-refractivity contribution in [2.45, 2.75) is 38.4 Å². The fraction of sp³-hybridized carbons (Fsp3) is 0.565. The minimum atomic E-state index is 0.252. The van der Waals surface area contributed by atoms with E-state index in [1.807, 2.05) is 23.0 Å². The molecule has 5 rings (SSSR count). The van der Waals surface area contributed by atoms with Gasteiger partial charge < -0.3 is 14.4 Å². The van der Waals surface area contributed by atoms with Gasteiger partial charge >= 0.3 is 0 Å². The highest BCUT2D eigenvalue weighted by atomic mass is 16.7. The predicted octanol–water partition coefficient (Wildman–Crippen LogP) is 1.81. The number of ether oxygens (including phenoxy) is 2. The molecule has 1 aromatic heterocycles. The van der Waals surface area contributed by atoms with Crippen LogP contribution in [0.1, 0.15) is 24.8 Å². The maximum atomic E-state index is 12.7. The monoisotopic (exact) mass is 425 g/mol. The summed E-state index contributed by atoms with van der Waals surface area (Å²) in [5.41, 5.74) is 1.27. The Morgan fingerprint density at radius 2 is 1.97 bits per heavy atom. The second-order valence-electron chi connectivity index (χ2n) is 8.65. The Labute approximate surface area is 183 Å². The molecular formula is C23H31N5O3. The molecule has 2 saturated heterocycles. The van der Waals surface area contributed by atoms with Crippen molar-refractivity contribution >= 4 is 5.91 Å². The molecule has 0 saturated carbocycles. The highest BCUT2D eigenvalue weighted by Gasteiger charge is 2.30. The van der Waals surface area contributed by atoms with Gasteiger partial charge in [0.1, 0.15) is 0 Å². The molecule has 0 spiro atoms. The van der Waals surface area contributed by atoms with E-state index in [9.17, 15) is 4.79 Å². The van der Waals surface area contributed by atoms with Crippen molar-refractivity contribution in [1.82, 2.24) is 24.5 Å². The number of aryl methyl sites for hydroxylation is 1. The molecule has 4 heterocycles. The Bertz CT molecular complexity index is 879. The molecule has 1 atom stereocenters. The third-order valence-corrected chi connectivity index (χ3v) is 6.63. The summed E-state index contributed by atoms with van der Waals surface area (Å²) in [6.45, 7) is 7.89. The lowest BCUT2D eigenvalue weighted by Gasteiger charge is -2.43. The lowest BCUT2D eigenvalue weighted by Crippen LogP contribution is -2.55. The van der Waals surface area contributed by atoms with Gasteiger partial charge in [0.25, 0.3) is 0 Å². The third kappa shape index (κ3) is 4.85. The van der Waals surface area contributed by atoms with Gasteiger partial charge in [-0.3, -0.25) is 19.3 Å². The number of amides is 1. The summed E-state index contributed by atoms with van der Waals surface area (Å²) in [6, 6.07) is 8.62. The maximum Gasteiger partial charge on any atom is 0.231 e. The Morgan fingerprint density at radius 1 is 1.10 bits per heavy atom. The number of hydrogen-bond donors (Lipinski definition) is 0. The number of piperazine rings is 1. The summed E-state index contributed by atoms with van der Waals surface area (Å²) in [7, 11) is 0. The Morgan fingerprint density at radius 3 is 2.81 bits per heavy atom. The number of aromatic nitrogens is 2. The van der Waals surface area contributed by atoms with E-state index in [1.165, 1.54) is 12.0 Å². The molecular weight excluding hydrogens is 394 g/mol. The minimum Gasteiger partial charge on any atom is -0.454 e. The maximum absolute atomic E-state index is 12.7. The van der Waals surface area contributed by atoms with Crippen LogP contribution in [-0.2, 0) is 17.9 Å². The number of likely N-dealkylation sites (tertiary alicyclic amines) is 1. The van der Waals surface area contributed by atoms with E-state index < -0.39 is 0 Å². The van der Waals surface area contributed by atoms with Gasteiger partial charge in [0, 0.05) is 77.2 Å². The van der Waals surface area contributed by atoms with Crippen molar-refractivity contribution in [3.63, 3.8) is 0 Å². The van der Waals surface area contributed by atoms with Crippen LogP contribution in [0.4, 0.5) is 0 Å². The summed E-state index contributed by atoms with van der Waals surface area (Å²) in [5, 5.41) is 4.20. The average molecular weight is 426 g/mol. The van der Waals surface area contributed by atoms with Crippen molar-refractivity contribution in [3.05, 3.63) is 42.2 Å². The first-order chi connectivity index (χ1) is 15.2. The van der Waals surface area contributed by atoms with Crippen LogP contribution in [0, 0.1) is 0 Å². The van der Waals surface area contributed by atoms with Crippen LogP contribution in [0.2, 0.25) is 0 Å². The van der Waals surface area contributed by atoms with Gasteiger partial charge in [0.2, 0.25) is 12.7 Å². The lowest BCUT2D eigenvalue weighted by atomic mass is 10.0. The number of rotatable bonds is 6. The largest absolute Gasteiger partial charge is 0.454 e. The zero-order valence-electron chi connectivity index (χ0n) is 18.0. The molecule has 31 heavy (non-hydrogen) atoms. The molecule has 166 valence electrons. The van der Waals surface area contributed by atoms with Crippen molar-refractivity contribution in [1.29, 1.82) is 0 Å². The summed E-state index contributed by atoms with van der Waals surface area (Å²) >= 11 is 0. The van der Waals surface area contributed by atoms with Gasteiger partial charge in [-0.05, 0) is 36.6 Å². The number of piperidine rings is 1. The number of fused-ring (bicyclic) bond motifs is 1. The summed E-state index contributed by atoms with van der Waals surface area (Å²) in [5.74, 6) is 1.95. The molecule has 1 aromatic carbocycles. The molecule has 0 unspecified atom stereocenters. The van der Waals surface area contributed by atoms with Gasteiger partial charge in [0.05, 0.1) is 0 Å². The third-order valence-electron chi connectivity index (χ3n) is 6.63. The van der Waals surface area contributed by atoms with E-state index >= 15 is 0 Å². The first-order valence-electron chi connectivity index (χ1n) is 11.3. The lowest BCUT2D eigenvalue weighted by molar-refractivity contribution is -0.133. The molecule has 3 aliphatic heterocycles. The van der Waals surface area contributed by atoms with Crippen molar-refractivity contribution in [2.75, 3.05) is 46.1 Å². The van der Waals surface area contributed by atoms with Crippen LogP contribution in [0.3, 0.4) is 0 Å². The van der Waals surface area contributed by atoms with Crippen LogP contribution in [0.5, 0.6) is 11.5 Å². The Balaban J connectivity index is 1.09. The standard InChI is InChI=1S/C23H31N5O3/c29-23(6-10-28-9-2-7-24-28)27-8-1-3-20(17-27)26-13-11-25(12-14-26)16-19-4-5-21-22(15-19)31-18-30-21/h2,4-5,7,9,15,20H,1,3,6,8,10-14,16-18H2/t20-/m1/s1. The quantitative estimate of drug-likeness (QED) is 0.704. The molecule has 2 aromatic rings. The molecule has 0 N–H and O–H groups in total. The topological polar surface area (TPSA) is 63.1 Å². The number of carbonyl (C=O) groups excluding carboxylic acids is 1.